The van der Waals surface area contributed by atoms with E-state index in [1.807, 2.05) is 36.4 Å². The number of aromatic amines is 1. The summed E-state index contributed by atoms with van der Waals surface area (Å²) in [6.07, 6.45) is 1.80. The smallest absolute Gasteiger partial charge is 0.136 e. The fourth-order valence-corrected chi connectivity index (χ4v) is 2.27. The van der Waals surface area contributed by atoms with Gasteiger partial charge in [0.1, 0.15) is 11.8 Å². The molecule has 1 aromatic heterocycles. The molecule has 0 saturated heterocycles. The molecule has 1 heterocycles. The normalized spacial score (nSPS) is 10.3. The Labute approximate surface area is 122 Å². The Kier molecular flexibility index (Phi) is 3.44. The van der Waals surface area contributed by atoms with Gasteiger partial charge in [-0.25, -0.2) is 0 Å². The molecule has 5 heteroatoms. The van der Waals surface area contributed by atoms with E-state index in [9.17, 15) is 0 Å². The molecule has 0 atom stereocenters. The lowest BCUT2D eigenvalue weighted by molar-refractivity contribution is 0.413. The average molecular weight is 278 g/mol. The summed E-state index contributed by atoms with van der Waals surface area (Å²) in [4.78, 5) is 0. The van der Waals surface area contributed by atoms with Crippen LogP contribution in [0.15, 0.2) is 42.6 Å². The maximum Gasteiger partial charge on any atom is 0.136 e. The predicted octanol–water partition coefficient (Wildman–Crippen LogP) is 3.06. The van der Waals surface area contributed by atoms with Crippen LogP contribution in [0, 0.1) is 11.3 Å². The van der Waals surface area contributed by atoms with E-state index in [0.29, 0.717) is 17.9 Å². The van der Waals surface area contributed by atoms with E-state index in [2.05, 4.69) is 21.6 Å². The zero-order valence-electron chi connectivity index (χ0n) is 11.6. The van der Waals surface area contributed by atoms with Crippen molar-refractivity contribution in [3.05, 3.63) is 53.7 Å². The van der Waals surface area contributed by atoms with Crippen molar-refractivity contribution in [3.8, 4) is 11.8 Å². The van der Waals surface area contributed by atoms with E-state index < -0.39 is 0 Å². The summed E-state index contributed by atoms with van der Waals surface area (Å²) in [6, 6.07) is 13.7. The molecule has 0 aliphatic carbocycles. The maximum absolute atomic E-state index is 9.11. The highest BCUT2D eigenvalue weighted by Crippen LogP contribution is 2.23. The third-order valence-corrected chi connectivity index (χ3v) is 3.35. The van der Waals surface area contributed by atoms with E-state index >= 15 is 0 Å². The van der Waals surface area contributed by atoms with Gasteiger partial charge in [0.05, 0.1) is 24.4 Å². The fourth-order valence-electron chi connectivity index (χ4n) is 2.27. The van der Waals surface area contributed by atoms with Crippen molar-refractivity contribution in [1.82, 2.24) is 10.2 Å². The quantitative estimate of drug-likeness (QED) is 0.769. The van der Waals surface area contributed by atoms with Gasteiger partial charge >= 0.3 is 0 Å². The van der Waals surface area contributed by atoms with Crippen LogP contribution in [-0.4, -0.2) is 17.3 Å². The predicted molar refractivity (Wildman–Crippen MR) is 81.1 cm³/mol. The van der Waals surface area contributed by atoms with Crippen molar-refractivity contribution < 1.29 is 4.74 Å². The maximum atomic E-state index is 9.11. The molecule has 0 amide bonds. The van der Waals surface area contributed by atoms with Gasteiger partial charge in [-0.2, -0.15) is 10.4 Å². The Balaban J connectivity index is 1.82. The Morgan fingerprint density at radius 3 is 3.05 bits per heavy atom. The van der Waals surface area contributed by atoms with Crippen LogP contribution in [-0.2, 0) is 6.54 Å². The molecule has 0 spiro atoms. The molecule has 2 N–H and O–H groups in total. The van der Waals surface area contributed by atoms with Gasteiger partial charge in [0, 0.05) is 17.6 Å². The number of hydrogen-bond donors (Lipinski definition) is 2. The highest BCUT2D eigenvalue weighted by atomic mass is 16.5. The summed E-state index contributed by atoms with van der Waals surface area (Å²) in [5.74, 6) is 0.596. The first-order valence-electron chi connectivity index (χ1n) is 6.55. The molecular formula is C16H14N4O. The highest BCUT2D eigenvalue weighted by molar-refractivity contribution is 5.90. The van der Waals surface area contributed by atoms with Crippen LogP contribution in [0.5, 0.6) is 5.75 Å². The number of rotatable bonds is 4. The second-order valence-corrected chi connectivity index (χ2v) is 4.64. The van der Waals surface area contributed by atoms with Crippen LogP contribution < -0.4 is 10.1 Å². The molecule has 3 aromatic rings. The number of fused-ring (bicyclic) bond motifs is 1. The summed E-state index contributed by atoms with van der Waals surface area (Å²) in [6.45, 7) is 0.628. The first-order valence-corrected chi connectivity index (χ1v) is 6.55. The fraction of sp³-hybridized carbons (Fsp3) is 0.125. The molecule has 0 fully saturated rings. The monoisotopic (exact) mass is 278 g/mol. The molecule has 3 rings (SSSR count). The van der Waals surface area contributed by atoms with Gasteiger partial charge in [-0.05, 0) is 29.8 Å². The standard InChI is InChI=1S/C16H14N4O/c1-21-16-6-5-11(7-12(16)8-17)9-18-14-3-2-4-15-13(14)10-19-20-15/h2-7,10,18H,9H2,1H3,(H,19,20). The first-order chi connectivity index (χ1) is 10.3. The van der Waals surface area contributed by atoms with Crippen LogP contribution in [0.1, 0.15) is 11.1 Å². The van der Waals surface area contributed by atoms with Crippen molar-refractivity contribution in [2.75, 3.05) is 12.4 Å². The topological polar surface area (TPSA) is 73.7 Å². The van der Waals surface area contributed by atoms with Crippen LogP contribution in [0.4, 0.5) is 5.69 Å². The van der Waals surface area contributed by atoms with Gasteiger partial charge in [-0.1, -0.05) is 12.1 Å². The Morgan fingerprint density at radius 2 is 2.24 bits per heavy atom. The van der Waals surface area contributed by atoms with Gasteiger partial charge in [0.25, 0.3) is 0 Å². The second kappa shape index (κ2) is 5.55. The molecule has 0 unspecified atom stereocenters. The Morgan fingerprint density at radius 1 is 1.33 bits per heavy atom. The minimum Gasteiger partial charge on any atom is -0.495 e. The van der Waals surface area contributed by atoms with Crippen molar-refractivity contribution in [2.24, 2.45) is 0 Å². The zero-order chi connectivity index (χ0) is 14.7. The van der Waals surface area contributed by atoms with Crippen molar-refractivity contribution in [1.29, 1.82) is 5.26 Å². The molecule has 0 aliphatic heterocycles. The number of nitrogens with zero attached hydrogens (tertiary/aromatic N) is 2. The SMILES string of the molecule is COc1ccc(CNc2cccc3[nH]ncc23)cc1C#N. The summed E-state index contributed by atoms with van der Waals surface area (Å²) in [5, 5.41) is 20.5. The number of nitrogens with one attached hydrogen (secondary N) is 2. The van der Waals surface area contributed by atoms with Crippen molar-refractivity contribution >= 4 is 16.6 Å². The summed E-state index contributed by atoms with van der Waals surface area (Å²) in [5.41, 5.74) is 3.56. The molecule has 0 aliphatic rings. The van der Waals surface area contributed by atoms with Gasteiger partial charge in [0.2, 0.25) is 0 Å². The molecule has 21 heavy (non-hydrogen) atoms. The van der Waals surface area contributed by atoms with Crippen LogP contribution in [0.2, 0.25) is 0 Å². The van der Waals surface area contributed by atoms with Gasteiger partial charge in [-0.15, -0.1) is 0 Å². The summed E-state index contributed by atoms with van der Waals surface area (Å²) < 4.78 is 5.15. The molecule has 5 nitrogen and oxygen atoms in total. The molecule has 0 radical (unpaired) electrons. The third-order valence-electron chi connectivity index (χ3n) is 3.35. The largest absolute Gasteiger partial charge is 0.495 e. The van der Waals surface area contributed by atoms with Gasteiger partial charge in [-0.3, -0.25) is 5.10 Å². The minimum absolute atomic E-state index is 0.540. The molecule has 0 saturated carbocycles. The Hall–Kier alpha value is -3.00. The molecule has 104 valence electrons. The van der Waals surface area contributed by atoms with Crippen LogP contribution >= 0.6 is 0 Å². The number of hydrogen-bond acceptors (Lipinski definition) is 4. The van der Waals surface area contributed by atoms with E-state index in [1.165, 1.54) is 0 Å². The number of benzene rings is 2. The number of ether oxygens (including phenoxy) is 1. The second-order valence-electron chi connectivity index (χ2n) is 4.64. The number of H-pyrrole nitrogens is 1. The third kappa shape index (κ3) is 2.51. The lowest BCUT2D eigenvalue weighted by Gasteiger charge is -2.09. The van der Waals surface area contributed by atoms with Crippen molar-refractivity contribution in [3.63, 3.8) is 0 Å². The van der Waals surface area contributed by atoms with E-state index in [4.69, 9.17) is 10.00 Å². The highest BCUT2D eigenvalue weighted by Gasteiger charge is 2.05. The number of anilines is 1. The summed E-state index contributed by atoms with van der Waals surface area (Å²) in [7, 11) is 1.56. The van der Waals surface area contributed by atoms with Gasteiger partial charge < -0.3 is 10.1 Å². The minimum atomic E-state index is 0.540. The lowest BCUT2D eigenvalue weighted by atomic mass is 10.1. The van der Waals surface area contributed by atoms with E-state index in [1.54, 1.807) is 13.3 Å². The average Bonchev–Trinajstić information content (AvgIpc) is 3.01. The molecule has 0 bridgehead atoms. The van der Waals surface area contributed by atoms with Crippen LogP contribution in [0.25, 0.3) is 10.9 Å². The number of methoxy groups -OCH3 is 1. The molecule has 2 aromatic carbocycles. The zero-order valence-corrected chi connectivity index (χ0v) is 11.6. The first kappa shape index (κ1) is 13.0. The number of aromatic nitrogens is 2. The van der Waals surface area contributed by atoms with E-state index in [-0.39, 0.29) is 0 Å². The van der Waals surface area contributed by atoms with Crippen molar-refractivity contribution in [2.45, 2.75) is 6.54 Å². The van der Waals surface area contributed by atoms with E-state index in [0.717, 1.165) is 22.2 Å². The van der Waals surface area contributed by atoms with Crippen LogP contribution in [0.3, 0.4) is 0 Å². The lowest BCUT2D eigenvalue weighted by Crippen LogP contribution is -2.00. The molecular weight excluding hydrogens is 264 g/mol. The number of nitriles is 1. The van der Waals surface area contributed by atoms with Gasteiger partial charge in [0.15, 0.2) is 0 Å². The Bertz CT molecular complexity index is 817. The summed E-state index contributed by atoms with van der Waals surface area (Å²) >= 11 is 0.